The van der Waals surface area contributed by atoms with Crippen molar-refractivity contribution in [1.82, 2.24) is 14.6 Å². The first-order valence-electron chi connectivity index (χ1n) is 8.19. The molecule has 1 N–H and O–H groups in total. The first-order valence-corrected chi connectivity index (χ1v) is 9.67. The van der Waals surface area contributed by atoms with E-state index in [1.807, 2.05) is 6.92 Å². The highest BCUT2D eigenvalue weighted by atomic mass is 32.2. The summed E-state index contributed by atoms with van der Waals surface area (Å²) in [5, 5.41) is 18.9. The molecule has 0 radical (unpaired) electrons. The molecule has 0 saturated heterocycles. The SMILES string of the molecule is Cc1ccc(S(=O)(=O)NN=Cc2cn(-c3ccc([N+](=O)[O-])cc3)nc2C)cc1. The average molecular weight is 399 g/mol. The highest BCUT2D eigenvalue weighted by molar-refractivity contribution is 7.89. The molecule has 28 heavy (non-hydrogen) atoms. The molecule has 0 unspecified atom stereocenters. The van der Waals surface area contributed by atoms with Gasteiger partial charge in [0.25, 0.3) is 15.7 Å². The zero-order chi connectivity index (χ0) is 20.3. The average Bonchev–Trinajstić information content (AvgIpc) is 3.03. The maximum Gasteiger partial charge on any atom is 0.276 e. The molecule has 0 saturated carbocycles. The Bertz CT molecular complexity index is 1130. The summed E-state index contributed by atoms with van der Waals surface area (Å²) in [5.74, 6) is 0. The maximum atomic E-state index is 12.2. The minimum atomic E-state index is -3.76. The van der Waals surface area contributed by atoms with Crippen LogP contribution in [0.2, 0.25) is 0 Å². The van der Waals surface area contributed by atoms with Crippen LogP contribution in [-0.2, 0) is 10.0 Å². The Morgan fingerprint density at radius 1 is 1.11 bits per heavy atom. The van der Waals surface area contributed by atoms with Crippen LogP contribution in [0.3, 0.4) is 0 Å². The summed E-state index contributed by atoms with van der Waals surface area (Å²) in [5.41, 5.74) is 2.80. The number of aryl methyl sites for hydroxylation is 2. The second-order valence-electron chi connectivity index (χ2n) is 6.05. The normalized spacial score (nSPS) is 11.6. The number of nitro groups is 1. The maximum absolute atomic E-state index is 12.2. The topological polar surface area (TPSA) is 119 Å². The van der Waals surface area contributed by atoms with Gasteiger partial charge in [0.15, 0.2) is 0 Å². The van der Waals surface area contributed by atoms with E-state index in [1.165, 1.54) is 35.2 Å². The van der Waals surface area contributed by atoms with Crippen molar-refractivity contribution in [3.63, 3.8) is 0 Å². The Morgan fingerprint density at radius 3 is 2.36 bits per heavy atom. The van der Waals surface area contributed by atoms with Gasteiger partial charge in [-0.1, -0.05) is 17.7 Å². The van der Waals surface area contributed by atoms with Crippen LogP contribution in [0.5, 0.6) is 0 Å². The van der Waals surface area contributed by atoms with E-state index in [2.05, 4.69) is 15.0 Å². The molecule has 0 spiro atoms. The smallest absolute Gasteiger partial charge is 0.258 e. The Hall–Kier alpha value is -3.53. The zero-order valence-electron chi connectivity index (χ0n) is 15.1. The van der Waals surface area contributed by atoms with Crippen LogP contribution in [0.4, 0.5) is 5.69 Å². The van der Waals surface area contributed by atoms with Gasteiger partial charge in [-0.25, -0.2) is 9.51 Å². The summed E-state index contributed by atoms with van der Waals surface area (Å²) in [7, 11) is -3.76. The third kappa shape index (κ3) is 4.23. The van der Waals surface area contributed by atoms with E-state index < -0.39 is 14.9 Å². The molecule has 3 rings (SSSR count). The monoisotopic (exact) mass is 399 g/mol. The standard InChI is InChI=1S/C18H17N5O4S/c1-13-3-9-18(10-4-13)28(26,27)21-19-11-15-12-22(20-14(15)2)16-5-7-17(8-6-16)23(24)25/h3-12,21H,1-2H3. The Labute approximate surface area is 161 Å². The fourth-order valence-electron chi connectivity index (χ4n) is 2.39. The van der Waals surface area contributed by atoms with Gasteiger partial charge in [0.1, 0.15) is 0 Å². The van der Waals surface area contributed by atoms with Gasteiger partial charge < -0.3 is 0 Å². The molecule has 0 bridgehead atoms. The lowest BCUT2D eigenvalue weighted by Gasteiger charge is -2.03. The number of benzene rings is 2. The lowest BCUT2D eigenvalue weighted by atomic mass is 10.2. The van der Waals surface area contributed by atoms with Crippen molar-refractivity contribution in [3.8, 4) is 5.69 Å². The van der Waals surface area contributed by atoms with Gasteiger partial charge in [0, 0.05) is 23.9 Å². The highest BCUT2D eigenvalue weighted by Crippen LogP contribution is 2.16. The lowest BCUT2D eigenvalue weighted by Crippen LogP contribution is -2.18. The van der Waals surface area contributed by atoms with Crippen molar-refractivity contribution in [3.05, 3.63) is 81.7 Å². The number of nitrogens with zero attached hydrogens (tertiary/aromatic N) is 4. The molecule has 1 aromatic heterocycles. The van der Waals surface area contributed by atoms with E-state index in [1.54, 1.807) is 37.4 Å². The van der Waals surface area contributed by atoms with E-state index >= 15 is 0 Å². The molecule has 10 heteroatoms. The molecular formula is C18H17N5O4S. The second kappa shape index (κ2) is 7.61. The van der Waals surface area contributed by atoms with E-state index in [4.69, 9.17) is 0 Å². The predicted octanol–water partition coefficient (Wildman–Crippen LogP) is 2.71. The van der Waals surface area contributed by atoms with Gasteiger partial charge in [0.2, 0.25) is 0 Å². The van der Waals surface area contributed by atoms with Gasteiger partial charge >= 0.3 is 0 Å². The molecular weight excluding hydrogens is 382 g/mol. The largest absolute Gasteiger partial charge is 0.276 e. The molecule has 2 aromatic carbocycles. The quantitative estimate of drug-likeness (QED) is 0.388. The number of nitro benzene ring substituents is 1. The Morgan fingerprint density at radius 2 is 1.75 bits per heavy atom. The van der Waals surface area contributed by atoms with E-state index in [0.29, 0.717) is 16.9 Å². The molecule has 0 fully saturated rings. The number of nitrogens with one attached hydrogen (secondary N) is 1. The predicted molar refractivity (Wildman–Crippen MR) is 104 cm³/mol. The summed E-state index contributed by atoms with van der Waals surface area (Å²) < 4.78 is 26.0. The van der Waals surface area contributed by atoms with Crippen LogP contribution in [0, 0.1) is 24.0 Å². The first-order chi connectivity index (χ1) is 13.3. The molecule has 0 amide bonds. The lowest BCUT2D eigenvalue weighted by molar-refractivity contribution is -0.384. The fraction of sp³-hybridized carbons (Fsp3) is 0.111. The third-order valence-corrected chi connectivity index (χ3v) is 5.21. The van der Waals surface area contributed by atoms with Crippen molar-refractivity contribution in [2.45, 2.75) is 18.7 Å². The van der Waals surface area contributed by atoms with Crippen LogP contribution in [0.15, 0.2) is 64.7 Å². The molecule has 0 aliphatic rings. The van der Waals surface area contributed by atoms with Gasteiger partial charge in [-0.15, -0.1) is 0 Å². The van der Waals surface area contributed by atoms with E-state index in [9.17, 15) is 18.5 Å². The Balaban J connectivity index is 1.76. The Kier molecular flexibility index (Phi) is 5.23. The van der Waals surface area contributed by atoms with Gasteiger partial charge in [-0.2, -0.15) is 18.6 Å². The third-order valence-electron chi connectivity index (χ3n) is 3.97. The van der Waals surface area contributed by atoms with Crippen molar-refractivity contribution in [2.24, 2.45) is 5.10 Å². The number of non-ortho nitro benzene ring substituents is 1. The highest BCUT2D eigenvalue weighted by Gasteiger charge is 2.12. The van der Waals surface area contributed by atoms with E-state index in [0.717, 1.165) is 5.56 Å². The number of hydrazone groups is 1. The van der Waals surface area contributed by atoms with Crippen LogP contribution in [0.25, 0.3) is 5.69 Å². The molecule has 9 nitrogen and oxygen atoms in total. The summed E-state index contributed by atoms with van der Waals surface area (Å²) in [6, 6.07) is 12.3. The molecule has 0 aliphatic carbocycles. The summed E-state index contributed by atoms with van der Waals surface area (Å²) >= 11 is 0. The first kappa shape index (κ1) is 19.2. The summed E-state index contributed by atoms with van der Waals surface area (Å²) in [6.07, 6.45) is 3.01. The van der Waals surface area contributed by atoms with Crippen LogP contribution in [-0.4, -0.2) is 29.3 Å². The van der Waals surface area contributed by atoms with Crippen LogP contribution in [0.1, 0.15) is 16.8 Å². The molecule has 0 atom stereocenters. The number of rotatable bonds is 6. The summed E-state index contributed by atoms with van der Waals surface area (Å²) in [4.78, 5) is 12.5. The molecule has 0 aliphatic heterocycles. The minimum absolute atomic E-state index is 0.0140. The summed E-state index contributed by atoms with van der Waals surface area (Å²) in [6.45, 7) is 3.62. The number of aromatic nitrogens is 2. The zero-order valence-corrected chi connectivity index (χ0v) is 15.9. The van der Waals surface area contributed by atoms with E-state index in [-0.39, 0.29) is 10.6 Å². The van der Waals surface area contributed by atoms with Crippen molar-refractivity contribution in [2.75, 3.05) is 0 Å². The molecule has 144 valence electrons. The van der Waals surface area contributed by atoms with Crippen molar-refractivity contribution >= 4 is 21.9 Å². The van der Waals surface area contributed by atoms with Crippen molar-refractivity contribution in [1.29, 1.82) is 0 Å². The van der Waals surface area contributed by atoms with Crippen LogP contribution >= 0.6 is 0 Å². The molecule has 3 aromatic rings. The van der Waals surface area contributed by atoms with Crippen LogP contribution < -0.4 is 4.83 Å². The second-order valence-corrected chi connectivity index (χ2v) is 7.71. The van der Waals surface area contributed by atoms with Gasteiger partial charge in [-0.3, -0.25) is 10.1 Å². The number of hydrogen-bond donors (Lipinski definition) is 1. The van der Waals surface area contributed by atoms with Crippen molar-refractivity contribution < 1.29 is 13.3 Å². The molecule has 1 heterocycles. The fourth-order valence-corrected chi connectivity index (χ4v) is 3.19. The number of hydrogen-bond acceptors (Lipinski definition) is 6. The number of sulfonamides is 1. The minimum Gasteiger partial charge on any atom is -0.258 e. The van der Waals surface area contributed by atoms with Gasteiger partial charge in [-0.05, 0) is 38.1 Å². The van der Waals surface area contributed by atoms with Gasteiger partial charge in [0.05, 0.1) is 27.4 Å².